The molecule has 0 unspecified atom stereocenters. The van der Waals surface area contributed by atoms with Crippen LogP contribution in [0.25, 0.3) is 0 Å². The molecule has 1 heterocycles. The van der Waals surface area contributed by atoms with E-state index < -0.39 is 6.36 Å². The van der Waals surface area contributed by atoms with E-state index in [-0.39, 0.29) is 17.4 Å². The zero-order valence-electron chi connectivity index (χ0n) is 13.4. The number of amides is 1. The topological polar surface area (TPSA) is 63.2 Å². The van der Waals surface area contributed by atoms with E-state index in [4.69, 9.17) is 0 Å². The first kappa shape index (κ1) is 19.2. The van der Waals surface area contributed by atoms with Gasteiger partial charge in [0.25, 0.3) is 5.91 Å². The molecule has 3 rings (SSSR count). The summed E-state index contributed by atoms with van der Waals surface area (Å²) in [7, 11) is 0. The first-order valence-electron chi connectivity index (χ1n) is 7.44. The Balaban J connectivity index is 1.63. The number of thiazole rings is 1. The van der Waals surface area contributed by atoms with E-state index in [1.807, 2.05) is 6.07 Å². The van der Waals surface area contributed by atoms with Gasteiger partial charge in [-0.05, 0) is 42.5 Å². The van der Waals surface area contributed by atoms with Crippen molar-refractivity contribution in [3.05, 3.63) is 64.1 Å². The highest BCUT2D eigenvalue weighted by Gasteiger charge is 2.30. The van der Waals surface area contributed by atoms with Crippen molar-refractivity contribution >= 4 is 49.7 Å². The maximum Gasteiger partial charge on any atom is 0.573 e. The molecule has 5 nitrogen and oxygen atoms in total. The number of anilines is 3. The van der Waals surface area contributed by atoms with Crippen molar-refractivity contribution in [1.29, 1.82) is 0 Å². The highest BCUT2D eigenvalue weighted by atomic mass is 79.9. The number of carbonyl (C=O) groups excluding carboxylic acids is 1. The molecule has 0 aliphatic carbocycles. The van der Waals surface area contributed by atoms with Gasteiger partial charge >= 0.3 is 6.36 Å². The normalized spacial score (nSPS) is 11.1. The maximum atomic E-state index is 12.2. The number of ether oxygens (including phenoxy) is 1. The molecular formula is C17H11BrF3N3O2S. The van der Waals surface area contributed by atoms with Crippen molar-refractivity contribution in [2.75, 3.05) is 10.6 Å². The van der Waals surface area contributed by atoms with Gasteiger partial charge in [0, 0.05) is 21.2 Å². The second-order valence-electron chi connectivity index (χ2n) is 5.20. The predicted molar refractivity (Wildman–Crippen MR) is 101 cm³/mol. The summed E-state index contributed by atoms with van der Waals surface area (Å²) in [5.41, 5.74) is 1.36. The minimum absolute atomic E-state index is 0.222. The second kappa shape index (κ2) is 7.97. The van der Waals surface area contributed by atoms with Crippen molar-refractivity contribution in [1.82, 2.24) is 4.98 Å². The molecule has 0 fully saturated rings. The number of hydrogen-bond acceptors (Lipinski definition) is 5. The Morgan fingerprint density at radius 3 is 2.52 bits per heavy atom. The molecule has 0 saturated carbocycles. The quantitative estimate of drug-likeness (QED) is 0.508. The number of halogens is 4. The van der Waals surface area contributed by atoms with Crippen LogP contribution in [0.2, 0.25) is 0 Å². The van der Waals surface area contributed by atoms with Crippen LogP contribution in [0.1, 0.15) is 10.5 Å². The second-order valence-corrected chi connectivity index (χ2v) is 6.97. The lowest BCUT2D eigenvalue weighted by Crippen LogP contribution is -2.16. The van der Waals surface area contributed by atoms with Gasteiger partial charge in [0.1, 0.15) is 11.4 Å². The molecule has 27 heavy (non-hydrogen) atoms. The standard InChI is InChI=1S/C17H11BrF3N3O2S/c18-10-2-1-3-12(8-10)22-15(25)14-9-27-16(24-14)23-11-4-6-13(7-5-11)26-17(19,20)21/h1-9H,(H,22,25)(H,23,24). The molecule has 1 aromatic heterocycles. The molecule has 0 aliphatic heterocycles. The summed E-state index contributed by atoms with van der Waals surface area (Å²) in [4.78, 5) is 16.4. The average molecular weight is 458 g/mol. The number of nitrogens with zero attached hydrogens (tertiary/aromatic N) is 1. The Kier molecular flexibility index (Phi) is 5.66. The minimum atomic E-state index is -4.74. The number of rotatable bonds is 5. The fourth-order valence-corrected chi connectivity index (χ4v) is 3.17. The molecule has 2 aromatic carbocycles. The van der Waals surface area contributed by atoms with E-state index in [9.17, 15) is 18.0 Å². The summed E-state index contributed by atoms with van der Waals surface area (Å²) in [6, 6.07) is 12.3. The van der Waals surface area contributed by atoms with Gasteiger partial charge in [-0.3, -0.25) is 4.79 Å². The van der Waals surface area contributed by atoms with Gasteiger partial charge in [0.05, 0.1) is 0 Å². The summed E-state index contributed by atoms with van der Waals surface area (Å²) in [6.45, 7) is 0. The average Bonchev–Trinajstić information content (AvgIpc) is 3.04. The van der Waals surface area contributed by atoms with Gasteiger partial charge in [-0.2, -0.15) is 0 Å². The Morgan fingerprint density at radius 1 is 1.11 bits per heavy atom. The van der Waals surface area contributed by atoms with E-state index in [0.29, 0.717) is 16.5 Å². The summed E-state index contributed by atoms with van der Waals surface area (Å²) in [5, 5.41) is 7.66. The number of carbonyl (C=O) groups is 1. The minimum Gasteiger partial charge on any atom is -0.406 e. The van der Waals surface area contributed by atoms with Crippen LogP contribution in [-0.2, 0) is 0 Å². The molecule has 0 radical (unpaired) electrons. The summed E-state index contributed by atoms with van der Waals surface area (Å²) >= 11 is 4.52. The van der Waals surface area contributed by atoms with E-state index in [2.05, 4.69) is 36.3 Å². The Labute approximate surface area is 164 Å². The third-order valence-electron chi connectivity index (χ3n) is 3.16. The van der Waals surface area contributed by atoms with Crippen LogP contribution in [0.3, 0.4) is 0 Å². The fraction of sp³-hybridized carbons (Fsp3) is 0.0588. The van der Waals surface area contributed by atoms with Crippen LogP contribution in [0, 0.1) is 0 Å². The zero-order chi connectivity index (χ0) is 19.4. The molecular weight excluding hydrogens is 447 g/mol. The van der Waals surface area contributed by atoms with Crippen LogP contribution in [0.15, 0.2) is 58.4 Å². The predicted octanol–water partition coefficient (Wildman–Crippen LogP) is 5.80. The van der Waals surface area contributed by atoms with E-state index >= 15 is 0 Å². The number of hydrogen-bond donors (Lipinski definition) is 2. The van der Waals surface area contributed by atoms with E-state index in [1.54, 1.807) is 23.6 Å². The maximum absolute atomic E-state index is 12.2. The van der Waals surface area contributed by atoms with Crippen LogP contribution >= 0.6 is 27.3 Å². The van der Waals surface area contributed by atoms with Crippen molar-refractivity contribution in [3.8, 4) is 5.75 Å². The molecule has 0 spiro atoms. The first-order chi connectivity index (χ1) is 12.8. The molecule has 1 amide bonds. The third kappa shape index (κ3) is 5.69. The van der Waals surface area contributed by atoms with E-state index in [0.717, 1.165) is 4.47 Å². The Morgan fingerprint density at radius 2 is 1.85 bits per heavy atom. The van der Waals surface area contributed by atoms with Gasteiger partial charge in [0.2, 0.25) is 0 Å². The van der Waals surface area contributed by atoms with Crippen LogP contribution in [0.4, 0.5) is 29.7 Å². The van der Waals surface area contributed by atoms with Crippen molar-refractivity contribution in [2.45, 2.75) is 6.36 Å². The largest absolute Gasteiger partial charge is 0.573 e. The van der Waals surface area contributed by atoms with Gasteiger partial charge in [0.15, 0.2) is 5.13 Å². The SMILES string of the molecule is O=C(Nc1cccc(Br)c1)c1csc(Nc2ccc(OC(F)(F)F)cc2)n1. The Bertz CT molecular complexity index is 945. The van der Waals surface area contributed by atoms with Crippen molar-refractivity contribution in [2.24, 2.45) is 0 Å². The van der Waals surface area contributed by atoms with Gasteiger partial charge in [-0.1, -0.05) is 22.0 Å². The first-order valence-corrected chi connectivity index (χ1v) is 9.11. The zero-order valence-corrected chi connectivity index (χ0v) is 15.8. The molecule has 0 saturated heterocycles. The molecule has 10 heteroatoms. The van der Waals surface area contributed by atoms with Crippen LogP contribution < -0.4 is 15.4 Å². The lowest BCUT2D eigenvalue weighted by molar-refractivity contribution is -0.274. The lowest BCUT2D eigenvalue weighted by atomic mass is 10.3. The van der Waals surface area contributed by atoms with Crippen molar-refractivity contribution < 1.29 is 22.7 Å². The highest BCUT2D eigenvalue weighted by molar-refractivity contribution is 9.10. The molecule has 0 bridgehead atoms. The molecule has 140 valence electrons. The third-order valence-corrected chi connectivity index (χ3v) is 4.41. The number of aromatic nitrogens is 1. The summed E-state index contributed by atoms with van der Waals surface area (Å²) < 4.78 is 41.1. The van der Waals surface area contributed by atoms with Gasteiger partial charge in [-0.25, -0.2) is 4.98 Å². The molecule has 0 atom stereocenters. The molecule has 2 N–H and O–H groups in total. The Hall–Kier alpha value is -2.59. The van der Waals surface area contributed by atoms with Gasteiger partial charge in [-0.15, -0.1) is 24.5 Å². The number of benzene rings is 2. The molecule has 3 aromatic rings. The lowest BCUT2D eigenvalue weighted by Gasteiger charge is -2.09. The number of nitrogens with one attached hydrogen (secondary N) is 2. The van der Waals surface area contributed by atoms with Crippen molar-refractivity contribution in [3.63, 3.8) is 0 Å². The molecule has 0 aliphatic rings. The summed E-state index contributed by atoms with van der Waals surface area (Å²) in [5.74, 6) is -0.687. The highest BCUT2D eigenvalue weighted by Crippen LogP contribution is 2.26. The van der Waals surface area contributed by atoms with Crippen LogP contribution in [-0.4, -0.2) is 17.3 Å². The van der Waals surface area contributed by atoms with Crippen LogP contribution in [0.5, 0.6) is 5.75 Å². The smallest absolute Gasteiger partial charge is 0.406 e. The monoisotopic (exact) mass is 457 g/mol. The van der Waals surface area contributed by atoms with Gasteiger partial charge < -0.3 is 15.4 Å². The number of alkyl halides is 3. The summed E-state index contributed by atoms with van der Waals surface area (Å²) in [6.07, 6.45) is -4.74. The van der Waals surface area contributed by atoms with E-state index in [1.165, 1.54) is 35.6 Å². The fourth-order valence-electron chi connectivity index (χ4n) is 2.06.